The fourth-order valence-electron chi connectivity index (χ4n) is 4.03. The largest absolute Gasteiger partial charge is 0.491 e. The highest BCUT2D eigenvalue weighted by atomic mass is 32.1. The summed E-state index contributed by atoms with van der Waals surface area (Å²) in [6.45, 7) is 6.13. The molecule has 0 bridgehead atoms. The van der Waals surface area contributed by atoms with Crippen LogP contribution in [0.15, 0.2) is 23.6 Å². The topological polar surface area (TPSA) is 83.0 Å². The number of anilines is 1. The van der Waals surface area contributed by atoms with Gasteiger partial charge in [-0.25, -0.2) is 4.98 Å². The number of thiazole rings is 1. The number of aliphatic hydroxyl groups is 1. The van der Waals surface area contributed by atoms with Gasteiger partial charge in [-0.3, -0.25) is 14.5 Å². The summed E-state index contributed by atoms with van der Waals surface area (Å²) < 4.78 is 5.90. The monoisotopic (exact) mass is 457 g/mol. The zero-order valence-electron chi connectivity index (χ0n) is 19.1. The second-order valence-electron chi connectivity index (χ2n) is 9.10. The van der Waals surface area contributed by atoms with Gasteiger partial charge in [-0.1, -0.05) is 12.1 Å². The summed E-state index contributed by atoms with van der Waals surface area (Å²) in [6.07, 6.45) is 2.04. The zero-order valence-corrected chi connectivity index (χ0v) is 19.9. The number of aromatic nitrogens is 1. The van der Waals surface area contributed by atoms with Gasteiger partial charge in [0, 0.05) is 42.8 Å². The van der Waals surface area contributed by atoms with Crippen molar-refractivity contribution in [1.82, 2.24) is 9.88 Å². The summed E-state index contributed by atoms with van der Waals surface area (Å²) in [7, 11) is 1.72. The molecule has 8 heteroatoms. The number of amides is 2. The van der Waals surface area contributed by atoms with Gasteiger partial charge in [0.1, 0.15) is 12.3 Å². The zero-order chi connectivity index (χ0) is 23.0. The van der Waals surface area contributed by atoms with Crippen molar-refractivity contribution in [1.29, 1.82) is 0 Å². The van der Waals surface area contributed by atoms with Crippen molar-refractivity contribution in [2.45, 2.75) is 64.1 Å². The van der Waals surface area contributed by atoms with Crippen LogP contribution in [-0.4, -0.2) is 53.0 Å². The summed E-state index contributed by atoms with van der Waals surface area (Å²) in [5.41, 5.74) is 2.78. The lowest BCUT2D eigenvalue weighted by Crippen LogP contribution is -2.39. The van der Waals surface area contributed by atoms with E-state index < -0.39 is 6.10 Å². The Morgan fingerprint density at radius 2 is 2.06 bits per heavy atom. The van der Waals surface area contributed by atoms with Crippen LogP contribution in [0.25, 0.3) is 0 Å². The number of nitrogens with zero attached hydrogens (tertiary/aromatic N) is 3. The standard InChI is InChI=1S/C24H31N3O4S/c1-14(2)31-21-9-17(7-8-19(21)15(3)28)18-10-22(29)27(11-18)12-23(30)26(4)24-25-20(13-32-24)16-5-6-16/h7-9,13-16,18,28H,5-6,10-12H2,1-4H3/t15?,18-/m1/s1. The predicted molar refractivity (Wildman–Crippen MR) is 124 cm³/mol. The third-order valence-electron chi connectivity index (χ3n) is 6.03. The molecule has 1 aliphatic carbocycles. The van der Waals surface area contributed by atoms with Crippen LogP contribution in [0.3, 0.4) is 0 Å². The van der Waals surface area contributed by atoms with Crippen LogP contribution >= 0.6 is 11.3 Å². The molecule has 1 aromatic heterocycles. The van der Waals surface area contributed by atoms with E-state index in [9.17, 15) is 14.7 Å². The molecule has 1 unspecified atom stereocenters. The van der Waals surface area contributed by atoms with Gasteiger partial charge in [-0.2, -0.15) is 0 Å². The van der Waals surface area contributed by atoms with Gasteiger partial charge in [0.25, 0.3) is 0 Å². The van der Waals surface area contributed by atoms with Crippen LogP contribution in [-0.2, 0) is 9.59 Å². The lowest BCUT2D eigenvalue weighted by Gasteiger charge is -2.21. The van der Waals surface area contributed by atoms with Gasteiger partial charge in [-0.05, 0) is 45.2 Å². The molecular weight excluding hydrogens is 426 g/mol. The average Bonchev–Trinajstić information content (AvgIpc) is 3.36. The average molecular weight is 458 g/mol. The normalized spacial score (nSPS) is 19.5. The van der Waals surface area contributed by atoms with Crippen molar-refractivity contribution in [2.24, 2.45) is 0 Å². The minimum absolute atomic E-state index is 0.0144. The molecular formula is C24H31N3O4S. The van der Waals surface area contributed by atoms with E-state index in [0.717, 1.165) is 16.8 Å². The molecule has 0 spiro atoms. The predicted octanol–water partition coefficient (Wildman–Crippen LogP) is 3.84. The first-order chi connectivity index (χ1) is 15.2. The lowest BCUT2D eigenvalue weighted by molar-refractivity contribution is -0.132. The van der Waals surface area contributed by atoms with Crippen molar-refractivity contribution < 1.29 is 19.4 Å². The van der Waals surface area contributed by atoms with E-state index in [0.29, 0.717) is 29.8 Å². The van der Waals surface area contributed by atoms with E-state index in [4.69, 9.17) is 4.74 Å². The van der Waals surface area contributed by atoms with Crippen molar-refractivity contribution in [3.8, 4) is 5.75 Å². The van der Waals surface area contributed by atoms with E-state index >= 15 is 0 Å². The highest BCUT2D eigenvalue weighted by Crippen LogP contribution is 2.41. The molecule has 4 rings (SSSR count). The van der Waals surface area contributed by atoms with E-state index in [2.05, 4.69) is 4.98 Å². The molecule has 0 radical (unpaired) electrons. The fraction of sp³-hybridized carbons (Fsp3) is 0.542. The second kappa shape index (κ2) is 9.19. The van der Waals surface area contributed by atoms with Gasteiger partial charge in [0.15, 0.2) is 5.13 Å². The maximum atomic E-state index is 12.8. The van der Waals surface area contributed by atoms with Crippen molar-refractivity contribution in [3.05, 3.63) is 40.4 Å². The van der Waals surface area contributed by atoms with E-state index in [-0.39, 0.29) is 30.4 Å². The Morgan fingerprint density at radius 3 is 2.72 bits per heavy atom. The van der Waals surface area contributed by atoms with Crippen molar-refractivity contribution in [3.63, 3.8) is 0 Å². The van der Waals surface area contributed by atoms with Crippen LogP contribution in [0.4, 0.5) is 5.13 Å². The van der Waals surface area contributed by atoms with Gasteiger partial charge in [0.05, 0.1) is 17.9 Å². The lowest BCUT2D eigenvalue weighted by atomic mass is 9.95. The van der Waals surface area contributed by atoms with Crippen LogP contribution in [0.2, 0.25) is 0 Å². The highest BCUT2D eigenvalue weighted by molar-refractivity contribution is 7.14. The number of likely N-dealkylation sites (tertiary alicyclic amines) is 1. The second-order valence-corrected chi connectivity index (χ2v) is 9.93. The summed E-state index contributed by atoms with van der Waals surface area (Å²) in [4.78, 5) is 33.3. The maximum absolute atomic E-state index is 12.8. The Morgan fingerprint density at radius 1 is 1.31 bits per heavy atom. The molecule has 7 nitrogen and oxygen atoms in total. The number of likely N-dealkylation sites (N-methyl/N-ethyl adjacent to an activating group) is 1. The Balaban J connectivity index is 1.42. The van der Waals surface area contributed by atoms with Crippen LogP contribution in [0, 0.1) is 0 Å². The minimum Gasteiger partial charge on any atom is -0.491 e. The molecule has 1 saturated heterocycles. The molecule has 1 aliphatic heterocycles. The molecule has 2 aromatic rings. The summed E-state index contributed by atoms with van der Waals surface area (Å²) >= 11 is 1.48. The molecule has 32 heavy (non-hydrogen) atoms. The number of rotatable bonds is 8. The Bertz CT molecular complexity index is 999. The quantitative estimate of drug-likeness (QED) is 0.651. The molecule has 2 heterocycles. The molecule has 2 aliphatic rings. The molecule has 2 atom stereocenters. The fourth-order valence-corrected chi connectivity index (χ4v) is 4.92. The van der Waals surface area contributed by atoms with Crippen LogP contribution in [0.1, 0.15) is 74.8 Å². The van der Waals surface area contributed by atoms with Crippen LogP contribution < -0.4 is 9.64 Å². The number of aliphatic hydroxyl groups excluding tert-OH is 1. The van der Waals surface area contributed by atoms with Gasteiger partial charge >= 0.3 is 0 Å². The number of carbonyl (C=O) groups is 2. The third-order valence-corrected chi connectivity index (χ3v) is 6.96. The molecule has 1 saturated carbocycles. The number of carbonyl (C=O) groups excluding carboxylic acids is 2. The van der Waals surface area contributed by atoms with Gasteiger partial charge in [0.2, 0.25) is 11.8 Å². The van der Waals surface area contributed by atoms with Crippen molar-refractivity contribution in [2.75, 3.05) is 25.0 Å². The Hall–Kier alpha value is -2.45. The molecule has 172 valence electrons. The first-order valence-electron chi connectivity index (χ1n) is 11.2. The number of ether oxygens (including phenoxy) is 1. The van der Waals surface area contributed by atoms with Crippen LogP contribution in [0.5, 0.6) is 5.75 Å². The number of benzene rings is 1. The maximum Gasteiger partial charge on any atom is 0.248 e. The summed E-state index contributed by atoms with van der Waals surface area (Å²) in [5, 5.41) is 12.8. The van der Waals surface area contributed by atoms with E-state index in [1.54, 1.807) is 23.8 Å². The smallest absolute Gasteiger partial charge is 0.248 e. The summed E-state index contributed by atoms with van der Waals surface area (Å²) in [5.74, 6) is 1.02. The first kappa shape index (κ1) is 22.7. The molecule has 1 N–H and O–H groups in total. The third kappa shape index (κ3) is 4.96. The first-order valence-corrected chi connectivity index (χ1v) is 12.1. The van der Waals surface area contributed by atoms with Crippen molar-refractivity contribution >= 4 is 28.3 Å². The van der Waals surface area contributed by atoms with E-state index in [1.807, 2.05) is 37.4 Å². The molecule has 1 aromatic carbocycles. The number of hydrogen-bond acceptors (Lipinski definition) is 6. The van der Waals surface area contributed by atoms with Gasteiger partial charge in [-0.15, -0.1) is 11.3 Å². The Labute approximate surface area is 193 Å². The SMILES string of the molecule is CC(C)Oc1cc([C@@H]2CC(=O)N(CC(=O)N(C)c3nc(C4CC4)cs3)C2)ccc1C(C)O. The Kier molecular flexibility index (Phi) is 6.53. The minimum atomic E-state index is -0.640. The van der Waals surface area contributed by atoms with E-state index in [1.165, 1.54) is 24.2 Å². The molecule has 2 amide bonds. The molecule has 2 fully saturated rings. The highest BCUT2D eigenvalue weighted by Gasteiger charge is 2.34. The summed E-state index contributed by atoms with van der Waals surface area (Å²) in [6, 6.07) is 5.73. The van der Waals surface area contributed by atoms with Gasteiger partial charge < -0.3 is 14.7 Å². The number of hydrogen-bond donors (Lipinski definition) is 1.